The van der Waals surface area contributed by atoms with E-state index in [4.69, 9.17) is 4.74 Å². The van der Waals surface area contributed by atoms with E-state index in [0.29, 0.717) is 5.82 Å². The number of aromatic amines is 1. The van der Waals surface area contributed by atoms with Crippen LogP contribution < -0.4 is 5.56 Å². The van der Waals surface area contributed by atoms with Gasteiger partial charge in [-0.1, -0.05) is 28.1 Å². The van der Waals surface area contributed by atoms with E-state index in [9.17, 15) is 9.59 Å². The summed E-state index contributed by atoms with van der Waals surface area (Å²) in [5.74, 6) is -0.262. The predicted molar refractivity (Wildman–Crippen MR) is 78.7 cm³/mol. The topological polar surface area (TPSA) is 72.0 Å². The lowest BCUT2D eigenvalue weighted by Gasteiger charge is -2.05. The van der Waals surface area contributed by atoms with E-state index in [0.717, 1.165) is 15.6 Å². The second-order valence-corrected chi connectivity index (χ2v) is 5.01. The van der Waals surface area contributed by atoms with Gasteiger partial charge in [0.25, 0.3) is 5.56 Å². The number of carbonyl (C=O) groups is 1. The Kier molecular flexibility index (Phi) is 4.34. The maximum absolute atomic E-state index is 11.9. The van der Waals surface area contributed by atoms with Crippen LogP contribution in [0, 0.1) is 6.92 Å². The highest BCUT2D eigenvalue weighted by atomic mass is 79.9. The summed E-state index contributed by atoms with van der Waals surface area (Å²) >= 11 is 3.43. The zero-order chi connectivity index (χ0) is 14.7. The van der Waals surface area contributed by atoms with Crippen molar-refractivity contribution in [3.05, 3.63) is 50.3 Å². The smallest absolute Gasteiger partial charge is 0.345 e. The average Bonchev–Trinajstić information content (AvgIpc) is 2.42. The fourth-order valence-corrected chi connectivity index (χ4v) is 2.01. The van der Waals surface area contributed by atoms with Crippen LogP contribution in [0.15, 0.2) is 33.7 Å². The largest absolute Gasteiger partial charge is 0.462 e. The van der Waals surface area contributed by atoms with Crippen LogP contribution in [0.25, 0.3) is 11.4 Å². The lowest BCUT2D eigenvalue weighted by Crippen LogP contribution is -2.20. The number of aryl methyl sites for hydroxylation is 1. The third-order valence-corrected chi connectivity index (χ3v) is 3.59. The lowest BCUT2D eigenvalue weighted by molar-refractivity contribution is 0.0524. The van der Waals surface area contributed by atoms with E-state index >= 15 is 0 Å². The Bertz CT molecular complexity index is 710. The van der Waals surface area contributed by atoms with Gasteiger partial charge in [-0.05, 0) is 25.5 Å². The zero-order valence-corrected chi connectivity index (χ0v) is 12.7. The van der Waals surface area contributed by atoms with Crippen LogP contribution in [0.2, 0.25) is 0 Å². The fraction of sp³-hybridized carbons (Fsp3) is 0.214. The highest BCUT2D eigenvalue weighted by molar-refractivity contribution is 9.10. The van der Waals surface area contributed by atoms with Crippen LogP contribution >= 0.6 is 15.9 Å². The molecular weight excluding hydrogens is 324 g/mol. The molecule has 2 rings (SSSR count). The van der Waals surface area contributed by atoms with Crippen LogP contribution in [-0.4, -0.2) is 22.5 Å². The maximum atomic E-state index is 11.9. The number of nitrogens with one attached hydrogen (secondary N) is 1. The number of nitrogens with zero attached hydrogens (tertiary/aromatic N) is 1. The molecule has 0 radical (unpaired) electrons. The van der Waals surface area contributed by atoms with Crippen LogP contribution in [-0.2, 0) is 4.74 Å². The second-order valence-electron chi connectivity index (χ2n) is 4.16. The Hall–Kier alpha value is -1.95. The highest BCUT2D eigenvalue weighted by Crippen LogP contribution is 2.22. The molecule has 1 aromatic heterocycles. The first-order chi connectivity index (χ1) is 9.52. The van der Waals surface area contributed by atoms with Crippen molar-refractivity contribution in [1.29, 1.82) is 0 Å². The first-order valence-electron chi connectivity index (χ1n) is 6.06. The zero-order valence-electron chi connectivity index (χ0n) is 11.1. The molecular formula is C14H13BrN2O3. The monoisotopic (exact) mass is 336 g/mol. The van der Waals surface area contributed by atoms with Gasteiger partial charge in [0.15, 0.2) is 0 Å². The Balaban J connectivity index is 2.40. The first-order valence-corrected chi connectivity index (χ1v) is 6.85. The van der Waals surface area contributed by atoms with Gasteiger partial charge in [0.05, 0.1) is 6.61 Å². The van der Waals surface area contributed by atoms with Crippen molar-refractivity contribution in [2.24, 2.45) is 0 Å². The summed E-state index contributed by atoms with van der Waals surface area (Å²) in [5.41, 5.74) is 1.24. The second kappa shape index (κ2) is 6.00. The Labute approximate surface area is 124 Å². The molecule has 6 heteroatoms. The molecule has 0 atom stereocenters. The standard InChI is InChI=1S/C14H13BrN2O3/c1-3-20-14(19)10-7-16-12(17-13(10)18)9-5-4-8(2)11(15)6-9/h4-7H,3H2,1-2H3,(H,16,17,18). The molecule has 20 heavy (non-hydrogen) atoms. The molecule has 0 aliphatic heterocycles. The van der Waals surface area contributed by atoms with Gasteiger partial charge in [0.1, 0.15) is 11.4 Å². The van der Waals surface area contributed by atoms with Gasteiger partial charge in [-0.2, -0.15) is 0 Å². The number of hydrogen-bond acceptors (Lipinski definition) is 4. The first kappa shape index (κ1) is 14.5. The maximum Gasteiger partial charge on any atom is 0.345 e. The number of aromatic nitrogens is 2. The summed E-state index contributed by atoms with van der Waals surface area (Å²) in [5, 5.41) is 0. The number of hydrogen-bond donors (Lipinski definition) is 1. The SMILES string of the molecule is CCOC(=O)c1cnc(-c2ccc(C)c(Br)c2)[nH]c1=O. The molecule has 104 valence electrons. The summed E-state index contributed by atoms with van der Waals surface area (Å²) in [4.78, 5) is 30.1. The van der Waals surface area contributed by atoms with Crippen LogP contribution in [0.1, 0.15) is 22.8 Å². The number of esters is 1. The van der Waals surface area contributed by atoms with Crippen molar-refractivity contribution in [1.82, 2.24) is 9.97 Å². The molecule has 1 N–H and O–H groups in total. The molecule has 5 nitrogen and oxygen atoms in total. The van der Waals surface area contributed by atoms with Crippen LogP contribution in [0.4, 0.5) is 0 Å². The predicted octanol–water partition coefficient (Wildman–Crippen LogP) is 2.68. The number of ether oxygens (including phenoxy) is 1. The molecule has 2 aromatic rings. The minimum absolute atomic E-state index is 0.0956. The summed E-state index contributed by atoms with van der Waals surface area (Å²) in [6.45, 7) is 3.86. The Morgan fingerprint density at radius 1 is 1.45 bits per heavy atom. The number of carbonyl (C=O) groups excluding carboxylic acids is 1. The van der Waals surface area contributed by atoms with Crippen molar-refractivity contribution in [3.63, 3.8) is 0 Å². The van der Waals surface area contributed by atoms with Crippen molar-refractivity contribution in [3.8, 4) is 11.4 Å². The molecule has 0 amide bonds. The third-order valence-electron chi connectivity index (χ3n) is 2.74. The summed E-state index contributed by atoms with van der Waals surface area (Å²) in [6, 6.07) is 5.62. The van der Waals surface area contributed by atoms with Gasteiger partial charge in [0.2, 0.25) is 0 Å². The van der Waals surface area contributed by atoms with Gasteiger partial charge in [-0.15, -0.1) is 0 Å². The quantitative estimate of drug-likeness (QED) is 0.874. The summed E-state index contributed by atoms with van der Waals surface area (Å²) in [6.07, 6.45) is 1.24. The molecule has 0 aliphatic carbocycles. The Morgan fingerprint density at radius 3 is 2.80 bits per heavy atom. The van der Waals surface area contributed by atoms with Crippen molar-refractivity contribution < 1.29 is 9.53 Å². The van der Waals surface area contributed by atoms with Crippen molar-refractivity contribution in [2.45, 2.75) is 13.8 Å². The van der Waals surface area contributed by atoms with Gasteiger partial charge in [-0.3, -0.25) is 4.79 Å². The van der Waals surface area contributed by atoms with Crippen molar-refractivity contribution >= 4 is 21.9 Å². The molecule has 0 unspecified atom stereocenters. The fourth-order valence-electron chi connectivity index (χ4n) is 1.64. The van der Waals surface area contributed by atoms with E-state index in [-0.39, 0.29) is 12.2 Å². The molecule has 0 spiro atoms. The van der Waals surface area contributed by atoms with E-state index in [1.807, 2.05) is 25.1 Å². The van der Waals surface area contributed by atoms with Gasteiger partial charge in [0, 0.05) is 16.2 Å². The minimum atomic E-state index is -0.669. The molecule has 1 aromatic carbocycles. The van der Waals surface area contributed by atoms with Gasteiger partial charge < -0.3 is 9.72 Å². The minimum Gasteiger partial charge on any atom is -0.462 e. The summed E-state index contributed by atoms with van der Waals surface area (Å²) in [7, 11) is 0. The molecule has 0 saturated carbocycles. The Morgan fingerprint density at radius 2 is 2.20 bits per heavy atom. The molecule has 0 fully saturated rings. The van der Waals surface area contributed by atoms with Crippen LogP contribution in [0.5, 0.6) is 0 Å². The van der Waals surface area contributed by atoms with Gasteiger partial charge in [-0.25, -0.2) is 9.78 Å². The number of rotatable bonds is 3. The molecule has 0 bridgehead atoms. The number of halogens is 1. The third kappa shape index (κ3) is 2.96. The lowest BCUT2D eigenvalue weighted by atomic mass is 10.1. The van der Waals surface area contributed by atoms with Crippen LogP contribution in [0.3, 0.4) is 0 Å². The number of benzene rings is 1. The average molecular weight is 337 g/mol. The molecule has 0 aliphatic rings. The van der Waals surface area contributed by atoms with Crippen molar-refractivity contribution in [2.75, 3.05) is 6.61 Å². The van der Waals surface area contributed by atoms with Gasteiger partial charge >= 0.3 is 5.97 Å². The van der Waals surface area contributed by atoms with E-state index in [1.165, 1.54) is 6.20 Å². The summed E-state index contributed by atoms with van der Waals surface area (Å²) < 4.78 is 5.71. The highest BCUT2D eigenvalue weighted by Gasteiger charge is 2.13. The number of H-pyrrole nitrogens is 1. The molecule has 1 heterocycles. The van der Waals surface area contributed by atoms with E-state index in [2.05, 4.69) is 25.9 Å². The van der Waals surface area contributed by atoms with E-state index < -0.39 is 11.5 Å². The van der Waals surface area contributed by atoms with E-state index in [1.54, 1.807) is 6.92 Å². The molecule has 0 saturated heterocycles. The normalized spacial score (nSPS) is 10.3.